The van der Waals surface area contributed by atoms with Crippen molar-refractivity contribution in [3.8, 4) is 0 Å². The van der Waals surface area contributed by atoms with Gasteiger partial charge in [-0.3, -0.25) is 0 Å². The summed E-state index contributed by atoms with van der Waals surface area (Å²) in [5.74, 6) is 0. The first kappa shape index (κ1) is 15.9. The van der Waals surface area contributed by atoms with Crippen molar-refractivity contribution in [2.45, 2.75) is 0 Å². The van der Waals surface area contributed by atoms with Crippen LogP contribution in [0.4, 0.5) is 0 Å². The first-order valence-corrected chi connectivity index (χ1v) is 5.25. The maximum atomic E-state index is 8.97. The Bertz CT molecular complexity index is 61.1. The van der Waals surface area contributed by atoms with E-state index in [1.165, 1.54) is 0 Å². The van der Waals surface area contributed by atoms with Crippen LogP contribution in [0.3, 0.4) is 0 Å². The van der Waals surface area contributed by atoms with Crippen molar-refractivity contribution in [3.05, 3.63) is 0 Å². The molecule has 0 aromatic heterocycles. The van der Waals surface area contributed by atoms with Gasteiger partial charge < -0.3 is 8.33 Å². The SMILES string of the molecule is O.[Ca+2].[H-].[H-].[O]=[Sb]([OH])([OH])[OH]. The molecule has 0 bridgehead atoms. The van der Waals surface area contributed by atoms with Crippen molar-refractivity contribution in [3.63, 3.8) is 0 Å². The van der Waals surface area contributed by atoms with E-state index in [4.69, 9.17) is 13.2 Å². The molecule has 0 saturated heterocycles. The molecule has 5 N–H and O–H groups in total. The van der Waals surface area contributed by atoms with E-state index < -0.39 is 20.1 Å². The van der Waals surface area contributed by atoms with Crippen molar-refractivity contribution in [1.82, 2.24) is 0 Å². The van der Waals surface area contributed by atoms with E-state index in [0.717, 1.165) is 0 Å². The van der Waals surface area contributed by atoms with Crippen molar-refractivity contribution in [2.24, 2.45) is 0 Å². The fourth-order valence-corrected chi connectivity index (χ4v) is 0. The van der Waals surface area contributed by atoms with E-state index in [2.05, 4.69) is 0 Å². The van der Waals surface area contributed by atoms with Gasteiger partial charge in [0.05, 0.1) is 0 Å². The Morgan fingerprint density at radius 1 is 1.29 bits per heavy atom. The van der Waals surface area contributed by atoms with Gasteiger partial charge in [-0.25, -0.2) is 0 Å². The van der Waals surface area contributed by atoms with Gasteiger partial charge in [-0.05, 0) is 0 Å². The third kappa shape index (κ3) is 85.5. The van der Waals surface area contributed by atoms with Gasteiger partial charge in [0.25, 0.3) is 0 Å². The van der Waals surface area contributed by atoms with Crippen LogP contribution in [0, 0.1) is 0 Å². The second-order valence-corrected chi connectivity index (χ2v) is 3.44. The van der Waals surface area contributed by atoms with E-state index in [1.807, 2.05) is 0 Å². The summed E-state index contributed by atoms with van der Waals surface area (Å²) >= 11 is -5.35. The molecule has 0 fully saturated rings. The molecule has 0 aliphatic rings. The van der Waals surface area contributed by atoms with Crippen LogP contribution >= 0.6 is 0 Å². The number of rotatable bonds is 0. The van der Waals surface area contributed by atoms with Gasteiger partial charge in [0.2, 0.25) is 0 Å². The van der Waals surface area contributed by atoms with E-state index in [-0.39, 0.29) is 46.1 Å². The molecule has 0 aliphatic carbocycles. The molecule has 44 valence electrons. The van der Waals surface area contributed by atoms with Crippen molar-refractivity contribution >= 4 is 57.8 Å². The standard InChI is InChI=1S/Ca.4H2O.O.Sb.2H/h;4*1H2;;;;/q+2;;;;;;+3;2*-1/p-3. The zero-order chi connectivity index (χ0) is 4.50. The molecule has 0 aliphatic heterocycles. The summed E-state index contributed by atoms with van der Waals surface area (Å²) in [6.07, 6.45) is 0. The van der Waals surface area contributed by atoms with Gasteiger partial charge in [-0.2, -0.15) is 0 Å². The molecule has 0 heterocycles. The molecule has 0 saturated carbocycles. The van der Waals surface area contributed by atoms with Crippen LogP contribution in [0.2, 0.25) is 0 Å². The fourth-order valence-electron chi connectivity index (χ4n) is 0. The number of hydrogen-bond acceptors (Lipinski definition) is 1. The Morgan fingerprint density at radius 2 is 1.29 bits per heavy atom. The van der Waals surface area contributed by atoms with Gasteiger partial charge in [-0.15, -0.1) is 0 Å². The Hall–Kier alpha value is 1.72. The zero-order valence-electron chi connectivity index (χ0n) is 5.40. The van der Waals surface area contributed by atoms with Gasteiger partial charge >= 0.3 is 71.0 Å². The summed E-state index contributed by atoms with van der Waals surface area (Å²) in [5, 5.41) is 0. The summed E-state index contributed by atoms with van der Waals surface area (Å²) in [7, 11) is 0. The molecule has 0 amide bonds. The Labute approximate surface area is 78.3 Å². The minimum absolute atomic E-state index is 0. The predicted molar refractivity (Wildman–Crippen MR) is 24.7 cm³/mol. The van der Waals surface area contributed by atoms with E-state index >= 15 is 0 Å². The zero-order valence-corrected chi connectivity index (χ0v) is 8.17. The molecule has 0 aromatic rings. The Morgan fingerprint density at radius 3 is 1.29 bits per heavy atom. The molecule has 7 heteroatoms. The molecular formula is H7CaO5Sb. The summed E-state index contributed by atoms with van der Waals surface area (Å²) in [6, 6.07) is 0. The second-order valence-electron chi connectivity index (χ2n) is 0.513. The molecule has 0 aromatic carbocycles. The molecule has 5 nitrogen and oxygen atoms in total. The van der Waals surface area contributed by atoms with E-state index in [1.54, 1.807) is 0 Å². The summed E-state index contributed by atoms with van der Waals surface area (Å²) in [4.78, 5) is 0. The quantitative estimate of drug-likeness (QED) is 0.394. The van der Waals surface area contributed by atoms with Crippen LogP contribution in [-0.4, -0.2) is 73.4 Å². The van der Waals surface area contributed by atoms with Gasteiger partial charge in [0.15, 0.2) is 0 Å². The van der Waals surface area contributed by atoms with Gasteiger partial charge in [0.1, 0.15) is 0 Å². The van der Waals surface area contributed by atoms with Crippen LogP contribution in [0.1, 0.15) is 2.85 Å². The van der Waals surface area contributed by atoms with Crippen LogP contribution in [0.25, 0.3) is 0 Å². The summed E-state index contributed by atoms with van der Waals surface area (Å²) < 4.78 is 30.8. The van der Waals surface area contributed by atoms with Crippen LogP contribution in [0.15, 0.2) is 0 Å². The third-order valence-corrected chi connectivity index (χ3v) is 0. The Balaban J connectivity index is -0.0000000133. The molecular weight excluding hydrogens is 242 g/mol. The average Bonchev–Trinajstić information content (AvgIpc) is 0.722. The Kier molecular flexibility index (Phi) is 13.3. The van der Waals surface area contributed by atoms with Crippen molar-refractivity contribution < 1.29 is 21.5 Å². The van der Waals surface area contributed by atoms with Crippen LogP contribution < -0.4 is 0 Å². The first-order valence-electron chi connectivity index (χ1n) is 0.783. The fraction of sp³-hybridized carbons (Fsp3) is 0. The first-order chi connectivity index (χ1) is 2.00. The molecule has 0 radical (unpaired) electrons. The van der Waals surface area contributed by atoms with Crippen LogP contribution in [-0.2, 0) is 3.02 Å². The minimum atomic E-state index is -5.35. The van der Waals surface area contributed by atoms with Gasteiger partial charge in [-0.1, -0.05) is 0 Å². The van der Waals surface area contributed by atoms with Crippen LogP contribution in [0.5, 0.6) is 0 Å². The summed E-state index contributed by atoms with van der Waals surface area (Å²) in [6.45, 7) is 0. The van der Waals surface area contributed by atoms with Gasteiger partial charge in [0, 0.05) is 0 Å². The molecule has 0 spiro atoms. The maximum absolute atomic E-state index is 8.97. The normalized spacial score (nSPS) is 8.43. The van der Waals surface area contributed by atoms with E-state index in [9.17, 15) is 0 Å². The van der Waals surface area contributed by atoms with Crippen molar-refractivity contribution in [1.29, 1.82) is 0 Å². The molecule has 0 atom stereocenters. The summed E-state index contributed by atoms with van der Waals surface area (Å²) in [5.41, 5.74) is 0. The average molecular weight is 249 g/mol. The monoisotopic (exact) mass is 248 g/mol. The molecule has 0 unspecified atom stereocenters. The molecule has 7 heavy (non-hydrogen) atoms. The number of hydrogen-bond donors (Lipinski definition) is 3. The van der Waals surface area contributed by atoms with Crippen molar-refractivity contribution in [2.75, 3.05) is 0 Å². The third-order valence-electron chi connectivity index (χ3n) is 0. The predicted octanol–water partition coefficient (Wildman–Crippen LogP) is -3.15. The van der Waals surface area contributed by atoms with E-state index in [0.29, 0.717) is 0 Å². The topological polar surface area (TPSA) is 109 Å². The molecule has 0 rings (SSSR count). The second kappa shape index (κ2) is 5.85.